The topological polar surface area (TPSA) is 116 Å². The molecule has 0 aromatic carbocycles. The van der Waals surface area contributed by atoms with Crippen LogP contribution in [0.25, 0.3) is 0 Å². The zero-order valence-corrected chi connectivity index (χ0v) is 12.9. The van der Waals surface area contributed by atoms with Crippen molar-refractivity contribution >= 4 is 10.0 Å². The number of aromatic nitrogens is 4. The van der Waals surface area contributed by atoms with Gasteiger partial charge in [0.05, 0.1) is 0 Å². The molecule has 2 aromatic rings. The van der Waals surface area contributed by atoms with Gasteiger partial charge in [-0.15, -0.1) is 0 Å². The minimum Gasteiger partial charge on any atom is -0.349 e. The summed E-state index contributed by atoms with van der Waals surface area (Å²) in [5, 5.41) is 9.82. The first-order chi connectivity index (χ1) is 10.0. The summed E-state index contributed by atoms with van der Waals surface area (Å²) in [6.45, 7) is 5.26. The van der Waals surface area contributed by atoms with Gasteiger partial charge in [0.2, 0.25) is 0 Å². The highest BCUT2D eigenvalue weighted by molar-refractivity contribution is 7.89. The van der Waals surface area contributed by atoms with Gasteiger partial charge in [0.1, 0.15) is 5.82 Å². The maximum absolute atomic E-state index is 12.3. The summed E-state index contributed by atoms with van der Waals surface area (Å²) in [5.74, 6) is 0.740. The van der Waals surface area contributed by atoms with Gasteiger partial charge in [0.15, 0.2) is 5.03 Å². The summed E-state index contributed by atoms with van der Waals surface area (Å²) in [6.07, 6.45) is 3.84. The van der Waals surface area contributed by atoms with E-state index in [9.17, 15) is 8.42 Å². The van der Waals surface area contributed by atoms with E-state index in [0.29, 0.717) is 18.5 Å². The summed E-state index contributed by atoms with van der Waals surface area (Å²) in [6, 6.07) is 0. The number of nitrogens with zero attached hydrogens (tertiary/aromatic N) is 2. The van der Waals surface area contributed by atoms with Crippen LogP contribution in [0.2, 0.25) is 0 Å². The number of imidazole rings is 1. The Kier molecular flexibility index (Phi) is 5.10. The van der Waals surface area contributed by atoms with Crippen LogP contribution in [0.1, 0.15) is 24.0 Å². The number of nitrogens with one attached hydrogen (secondary N) is 4. The fourth-order valence-electron chi connectivity index (χ4n) is 1.92. The van der Waals surface area contributed by atoms with Gasteiger partial charge in [-0.05, 0) is 13.5 Å². The molecule has 0 spiro atoms. The molecule has 0 atom stereocenters. The number of hydrogen-bond acceptors (Lipinski definition) is 5. The molecule has 0 saturated carbocycles. The molecule has 0 bridgehead atoms. The van der Waals surface area contributed by atoms with E-state index < -0.39 is 10.0 Å². The van der Waals surface area contributed by atoms with Gasteiger partial charge in [-0.2, -0.15) is 5.10 Å². The third kappa shape index (κ3) is 3.90. The molecule has 9 heteroatoms. The van der Waals surface area contributed by atoms with E-state index in [1.54, 1.807) is 12.4 Å². The lowest BCUT2D eigenvalue weighted by molar-refractivity contribution is 0.574. The second kappa shape index (κ2) is 6.83. The van der Waals surface area contributed by atoms with Crippen molar-refractivity contribution in [2.24, 2.45) is 0 Å². The molecule has 21 heavy (non-hydrogen) atoms. The molecular formula is C12H20N6O2S. The Hall–Kier alpha value is -1.71. The van der Waals surface area contributed by atoms with Crippen molar-refractivity contribution in [1.29, 1.82) is 0 Å². The molecule has 0 amide bonds. The van der Waals surface area contributed by atoms with E-state index >= 15 is 0 Å². The van der Waals surface area contributed by atoms with Crippen LogP contribution in [-0.4, -0.2) is 41.7 Å². The van der Waals surface area contributed by atoms with Crippen molar-refractivity contribution in [2.45, 2.75) is 31.8 Å². The average molecular weight is 312 g/mol. The van der Waals surface area contributed by atoms with Crippen molar-refractivity contribution in [3.05, 3.63) is 29.5 Å². The quantitative estimate of drug-likeness (QED) is 0.550. The highest BCUT2D eigenvalue weighted by atomic mass is 32.2. The lowest BCUT2D eigenvalue weighted by Gasteiger charge is -2.07. The van der Waals surface area contributed by atoms with E-state index in [1.807, 2.05) is 13.8 Å². The molecule has 2 rings (SSSR count). The SMILES string of the molecule is CCNCc1c(S(=O)(=O)NCCc2ncc[nH]2)n[nH]c1C. The molecule has 2 aromatic heterocycles. The first-order valence-corrected chi connectivity index (χ1v) is 8.25. The van der Waals surface area contributed by atoms with Crippen LogP contribution in [0, 0.1) is 6.92 Å². The number of H-pyrrole nitrogens is 2. The third-order valence-electron chi connectivity index (χ3n) is 3.05. The van der Waals surface area contributed by atoms with Gasteiger partial charge < -0.3 is 10.3 Å². The van der Waals surface area contributed by atoms with Gasteiger partial charge in [0.25, 0.3) is 10.0 Å². The minimum atomic E-state index is -3.63. The number of aryl methyl sites for hydroxylation is 1. The normalized spacial score (nSPS) is 11.9. The van der Waals surface area contributed by atoms with Crippen molar-refractivity contribution in [3.8, 4) is 0 Å². The third-order valence-corrected chi connectivity index (χ3v) is 4.48. The molecule has 0 radical (unpaired) electrons. The summed E-state index contributed by atoms with van der Waals surface area (Å²) in [5.41, 5.74) is 1.42. The molecular weight excluding hydrogens is 292 g/mol. The second-order valence-corrected chi connectivity index (χ2v) is 6.28. The Morgan fingerprint density at radius 2 is 2.19 bits per heavy atom. The van der Waals surface area contributed by atoms with Crippen LogP contribution >= 0.6 is 0 Å². The number of hydrogen-bond donors (Lipinski definition) is 4. The zero-order valence-electron chi connectivity index (χ0n) is 12.1. The fraction of sp³-hybridized carbons (Fsp3) is 0.500. The van der Waals surface area contributed by atoms with Crippen LogP contribution in [0.5, 0.6) is 0 Å². The Balaban J connectivity index is 2.05. The van der Waals surface area contributed by atoms with Crippen molar-refractivity contribution in [2.75, 3.05) is 13.1 Å². The van der Waals surface area contributed by atoms with Crippen LogP contribution < -0.4 is 10.0 Å². The molecule has 0 saturated heterocycles. The number of sulfonamides is 1. The predicted octanol–water partition coefficient (Wildman–Crippen LogP) is 0.0717. The minimum absolute atomic E-state index is 0.0559. The van der Waals surface area contributed by atoms with Gasteiger partial charge in [-0.25, -0.2) is 18.1 Å². The van der Waals surface area contributed by atoms with Crippen LogP contribution in [0.3, 0.4) is 0 Å². The number of rotatable bonds is 8. The molecule has 8 nitrogen and oxygen atoms in total. The molecule has 0 fully saturated rings. The summed E-state index contributed by atoms with van der Waals surface area (Å²) < 4.78 is 27.2. The van der Waals surface area contributed by atoms with Crippen molar-refractivity contribution in [3.63, 3.8) is 0 Å². The van der Waals surface area contributed by atoms with E-state index in [1.165, 1.54) is 0 Å². The Bertz CT molecular complexity index is 662. The molecule has 0 unspecified atom stereocenters. The first kappa shape index (κ1) is 15.7. The molecule has 116 valence electrons. The van der Waals surface area contributed by atoms with Crippen molar-refractivity contribution < 1.29 is 8.42 Å². The average Bonchev–Trinajstić information content (AvgIpc) is 3.06. The molecule has 4 N–H and O–H groups in total. The predicted molar refractivity (Wildman–Crippen MR) is 78.2 cm³/mol. The number of aromatic amines is 2. The van der Waals surface area contributed by atoms with Gasteiger partial charge in [-0.3, -0.25) is 5.10 Å². The zero-order chi connectivity index (χ0) is 15.3. The van der Waals surface area contributed by atoms with Crippen LogP contribution in [0.15, 0.2) is 17.4 Å². The molecule has 0 aliphatic rings. The maximum atomic E-state index is 12.3. The first-order valence-electron chi connectivity index (χ1n) is 6.77. The van der Waals surface area contributed by atoms with Gasteiger partial charge in [0, 0.05) is 43.2 Å². The highest BCUT2D eigenvalue weighted by Crippen LogP contribution is 2.15. The standard InChI is InChI=1S/C12H20N6O2S/c1-3-13-8-10-9(2)17-18-12(10)21(19,20)16-5-4-11-14-6-7-15-11/h6-7,13,16H,3-5,8H2,1-2H3,(H,14,15)(H,17,18). The van der Waals surface area contributed by atoms with Crippen LogP contribution in [-0.2, 0) is 23.0 Å². The Morgan fingerprint density at radius 1 is 1.38 bits per heavy atom. The highest BCUT2D eigenvalue weighted by Gasteiger charge is 2.23. The summed E-state index contributed by atoms with van der Waals surface area (Å²) in [4.78, 5) is 6.98. The summed E-state index contributed by atoms with van der Waals surface area (Å²) in [7, 11) is -3.63. The lowest BCUT2D eigenvalue weighted by Crippen LogP contribution is -2.28. The molecule has 0 aliphatic heterocycles. The maximum Gasteiger partial charge on any atom is 0.260 e. The Morgan fingerprint density at radius 3 is 2.86 bits per heavy atom. The monoisotopic (exact) mass is 312 g/mol. The van der Waals surface area contributed by atoms with E-state index in [2.05, 4.69) is 30.2 Å². The second-order valence-electron chi connectivity index (χ2n) is 4.60. The van der Waals surface area contributed by atoms with Gasteiger partial charge in [-0.1, -0.05) is 6.92 Å². The van der Waals surface area contributed by atoms with E-state index in [-0.39, 0.29) is 11.6 Å². The van der Waals surface area contributed by atoms with E-state index in [4.69, 9.17) is 0 Å². The Labute approximate surface area is 123 Å². The van der Waals surface area contributed by atoms with Crippen molar-refractivity contribution in [1.82, 2.24) is 30.2 Å². The summed E-state index contributed by atoms with van der Waals surface area (Å²) >= 11 is 0. The van der Waals surface area contributed by atoms with Crippen LogP contribution in [0.4, 0.5) is 0 Å². The fourth-order valence-corrected chi connectivity index (χ4v) is 3.14. The molecule has 2 heterocycles. The van der Waals surface area contributed by atoms with Gasteiger partial charge >= 0.3 is 0 Å². The largest absolute Gasteiger partial charge is 0.349 e. The smallest absolute Gasteiger partial charge is 0.260 e. The van der Waals surface area contributed by atoms with E-state index in [0.717, 1.165) is 18.1 Å². The lowest BCUT2D eigenvalue weighted by atomic mass is 10.2. The molecule has 0 aliphatic carbocycles.